The molecular weight excluding hydrogens is 430 g/mol. The summed E-state index contributed by atoms with van der Waals surface area (Å²) in [5.41, 5.74) is 0.963. The Balaban J connectivity index is 1.35. The number of anilines is 1. The number of ether oxygens (including phenoxy) is 1. The van der Waals surface area contributed by atoms with Gasteiger partial charge in [0.1, 0.15) is 5.82 Å². The van der Waals surface area contributed by atoms with E-state index in [-0.39, 0.29) is 40.7 Å². The number of hydrogen-bond donors (Lipinski definition) is 2. The van der Waals surface area contributed by atoms with Gasteiger partial charge in [-0.15, -0.1) is 0 Å². The number of H-pyrrole nitrogens is 1. The topological polar surface area (TPSA) is 97.0 Å². The molecule has 1 saturated carbocycles. The first-order chi connectivity index (χ1) is 15.9. The number of nitrogens with one attached hydrogen (secondary N) is 2. The van der Waals surface area contributed by atoms with Gasteiger partial charge in [-0.05, 0) is 48.8 Å². The lowest BCUT2D eigenvalue weighted by atomic mass is 9.73. The molecule has 4 rings (SSSR count). The normalized spacial score (nSPS) is 19.0. The fourth-order valence-electron chi connectivity index (χ4n) is 4.22. The molecule has 2 heterocycles. The Morgan fingerprint density at radius 3 is 2.73 bits per heavy atom. The second-order valence-electron chi connectivity index (χ2n) is 8.30. The van der Waals surface area contributed by atoms with Crippen molar-refractivity contribution in [3.05, 3.63) is 76.5 Å². The highest BCUT2D eigenvalue weighted by Crippen LogP contribution is 2.39. The van der Waals surface area contributed by atoms with Crippen molar-refractivity contribution in [2.45, 2.75) is 38.5 Å². The van der Waals surface area contributed by atoms with Crippen molar-refractivity contribution < 1.29 is 18.3 Å². The number of amides is 1. The predicted molar refractivity (Wildman–Crippen MR) is 118 cm³/mol. The van der Waals surface area contributed by atoms with Gasteiger partial charge in [0.05, 0.1) is 12.4 Å². The lowest BCUT2D eigenvalue weighted by Gasteiger charge is -2.32. The van der Waals surface area contributed by atoms with Crippen LogP contribution in [0.5, 0.6) is 11.6 Å². The number of aromatic nitrogens is 3. The summed E-state index contributed by atoms with van der Waals surface area (Å²) in [7, 11) is 0. The molecule has 0 aliphatic heterocycles. The molecule has 3 atom stereocenters. The summed E-state index contributed by atoms with van der Waals surface area (Å²) in [5, 5.41) is 2.77. The molecule has 2 aromatic heterocycles. The van der Waals surface area contributed by atoms with Crippen LogP contribution in [0, 0.1) is 23.5 Å². The van der Waals surface area contributed by atoms with Crippen LogP contribution >= 0.6 is 0 Å². The van der Waals surface area contributed by atoms with Gasteiger partial charge < -0.3 is 15.0 Å². The van der Waals surface area contributed by atoms with Crippen LogP contribution in [-0.2, 0) is 4.79 Å². The highest BCUT2D eigenvalue weighted by molar-refractivity contribution is 5.91. The predicted octanol–water partition coefficient (Wildman–Crippen LogP) is 4.78. The van der Waals surface area contributed by atoms with Crippen molar-refractivity contribution in [3.8, 4) is 11.6 Å². The summed E-state index contributed by atoms with van der Waals surface area (Å²) in [6, 6.07) is 6.34. The third kappa shape index (κ3) is 5.60. The molecular formula is C24H24F2N4O3. The van der Waals surface area contributed by atoms with Gasteiger partial charge in [-0.2, -0.15) is 0 Å². The van der Waals surface area contributed by atoms with Gasteiger partial charge in [-0.25, -0.2) is 18.7 Å². The monoisotopic (exact) mass is 454 g/mol. The lowest BCUT2D eigenvalue weighted by Crippen LogP contribution is -2.30. The van der Waals surface area contributed by atoms with Crippen molar-refractivity contribution in [3.63, 3.8) is 0 Å². The molecule has 3 aromatic rings. The Morgan fingerprint density at radius 2 is 2.03 bits per heavy atom. The second-order valence-corrected chi connectivity index (χ2v) is 8.30. The largest absolute Gasteiger partial charge is 0.434 e. The van der Waals surface area contributed by atoms with Crippen molar-refractivity contribution in [1.82, 2.24) is 15.0 Å². The highest BCUT2D eigenvalue weighted by Gasteiger charge is 2.30. The summed E-state index contributed by atoms with van der Waals surface area (Å²) in [4.78, 5) is 35.0. The molecule has 0 spiro atoms. The minimum atomic E-state index is -0.851. The van der Waals surface area contributed by atoms with Crippen LogP contribution in [0.4, 0.5) is 14.6 Å². The minimum Gasteiger partial charge on any atom is -0.434 e. The number of aromatic amines is 1. The van der Waals surface area contributed by atoms with Crippen LogP contribution < -0.4 is 15.6 Å². The maximum atomic E-state index is 13.7. The zero-order valence-corrected chi connectivity index (χ0v) is 18.1. The van der Waals surface area contributed by atoms with E-state index in [2.05, 4.69) is 20.3 Å². The summed E-state index contributed by atoms with van der Waals surface area (Å²) >= 11 is 0. The molecule has 0 radical (unpaired) electrons. The average molecular weight is 454 g/mol. The molecule has 172 valence electrons. The van der Waals surface area contributed by atoms with Crippen LogP contribution in [0.2, 0.25) is 0 Å². The quantitative estimate of drug-likeness (QED) is 0.559. The van der Waals surface area contributed by atoms with Crippen LogP contribution in [0.25, 0.3) is 0 Å². The first kappa shape index (κ1) is 22.6. The number of pyridine rings is 1. The van der Waals surface area contributed by atoms with Gasteiger partial charge in [0, 0.05) is 24.2 Å². The van der Waals surface area contributed by atoms with Crippen LogP contribution in [-0.4, -0.2) is 20.9 Å². The SMILES string of the molecule is C[C@@H](C(=O)Nc1cnc(Oc2ccc(F)cc2F)cn1)[C@H]1CCC[C@@H](c2ccc(=O)[nH]c2)C1. The second kappa shape index (κ2) is 9.89. The van der Waals surface area contributed by atoms with Crippen molar-refractivity contribution >= 4 is 11.7 Å². The first-order valence-corrected chi connectivity index (χ1v) is 10.8. The summed E-state index contributed by atoms with van der Waals surface area (Å²) in [6.07, 6.45) is 8.20. The minimum absolute atomic E-state index is 0.0163. The van der Waals surface area contributed by atoms with Gasteiger partial charge in [-0.3, -0.25) is 9.59 Å². The van der Waals surface area contributed by atoms with Gasteiger partial charge in [0.15, 0.2) is 17.4 Å². The number of carbonyl (C=O) groups excluding carboxylic acids is 1. The van der Waals surface area contributed by atoms with Crippen LogP contribution in [0.15, 0.2) is 53.7 Å². The Bertz CT molecular complexity index is 1160. The molecule has 1 aromatic carbocycles. The van der Waals surface area contributed by atoms with Gasteiger partial charge in [0.25, 0.3) is 0 Å². The average Bonchev–Trinajstić information content (AvgIpc) is 2.82. The van der Waals surface area contributed by atoms with E-state index in [1.165, 1.54) is 18.5 Å². The zero-order chi connectivity index (χ0) is 23.4. The number of nitrogens with zero attached hydrogens (tertiary/aromatic N) is 2. The van der Waals surface area contributed by atoms with E-state index in [0.29, 0.717) is 12.0 Å². The Labute approximate surface area is 189 Å². The van der Waals surface area contributed by atoms with Crippen LogP contribution in [0.1, 0.15) is 44.1 Å². The van der Waals surface area contributed by atoms with E-state index < -0.39 is 11.6 Å². The molecule has 1 aliphatic carbocycles. The molecule has 7 nitrogen and oxygen atoms in total. The fourth-order valence-corrected chi connectivity index (χ4v) is 4.22. The maximum Gasteiger partial charge on any atom is 0.247 e. The molecule has 0 bridgehead atoms. The molecule has 9 heteroatoms. The Kier molecular flexibility index (Phi) is 6.76. The van der Waals surface area contributed by atoms with Crippen molar-refractivity contribution in [2.75, 3.05) is 5.32 Å². The number of benzene rings is 1. The van der Waals surface area contributed by atoms with E-state index in [1.54, 1.807) is 6.20 Å². The molecule has 33 heavy (non-hydrogen) atoms. The number of halogens is 2. The summed E-state index contributed by atoms with van der Waals surface area (Å²) in [5.74, 6) is -1.35. The van der Waals surface area contributed by atoms with E-state index in [0.717, 1.165) is 43.4 Å². The van der Waals surface area contributed by atoms with Gasteiger partial charge in [0.2, 0.25) is 17.3 Å². The Morgan fingerprint density at radius 1 is 1.18 bits per heavy atom. The van der Waals surface area contributed by atoms with E-state index in [4.69, 9.17) is 4.74 Å². The highest BCUT2D eigenvalue weighted by atomic mass is 19.1. The van der Waals surface area contributed by atoms with Crippen LogP contribution in [0.3, 0.4) is 0 Å². The molecule has 0 saturated heterocycles. The van der Waals surface area contributed by atoms with E-state index >= 15 is 0 Å². The first-order valence-electron chi connectivity index (χ1n) is 10.8. The van der Waals surface area contributed by atoms with Gasteiger partial charge in [-0.1, -0.05) is 19.4 Å². The number of carbonyl (C=O) groups is 1. The third-order valence-electron chi connectivity index (χ3n) is 6.10. The van der Waals surface area contributed by atoms with E-state index in [1.807, 2.05) is 13.0 Å². The molecule has 1 fully saturated rings. The third-order valence-corrected chi connectivity index (χ3v) is 6.10. The van der Waals surface area contributed by atoms with E-state index in [9.17, 15) is 18.4 Å². The fraction of sp³-hybridized carbons (Fsp3) is 0.333. The van der Waals surface area contributed by atoms with Gasteiger partial charge >= 0.3 is 0 Å². The smallest absolute Gasteiger partial charge is 0.247 e. The van der Waals surface area contributed by atoms with Crippen molar-refractivity contribution in [1.29, 1.82) is 0 Å². The van der Waals surface area contributed by atoms with Crippen molar-refractivity contribution in [2.24, 2.45) is 11.8 Å². The standard InChI is InChI=1S/C24H24F2N4O3/c1-14(15-3-2-4-16(9-15)17-5-8-22(31)28-11-17)24(32)30-21-12-29-23(13-27-21)33-20-7-6-18(25)10-19(20)26/h5-8,10-16H,2-4,9H2,1H3,(H,28,31)(H,27,30,32)/t14-,15+,16-/m1/s1. The molecule has 2 N–H and O–H groups in total. The summed E-state index contributed by atoms with van der Waals surface area (Å²) < 4.78 is 32.0. The molecule has 1 aliphatic rings. The lowest BCUT2D eigenvalue weighted by molar-refractivity contribution is -0.121. The zero-order valence-electron chi connectivity index (χ0n) is 18.1. The number of hydrogen-bond acceptors (Lipinski definition) is 5. The molecule has 0 unspecified atom stereocenters. The molecule has 1 amide bonds. The number of rotatable bonds is 6. The summed E-state index contributed by atoms with van der Waals surface area (Å²) in [6.45, 7) is 1.90. The maximum absolute atomic E-state index is 13.7. The Hall–Kier alpha value is -3.62.